The number of nitrogens with zero attached hydrogens (tertiary/aromatic N) is 2. The van der Waals surface area contributed by atoms with Crippen molar-refractivity contribution in [2.75, 3.05) is 0 Å². The van der Waals surface area contributed by atoms with Crippen LogP contribution >= 0.6 is 0 Å². The molecule has 2 heterocycles. The van der Waals surface area contributed by atoms with E-state index in [2.05, 4.69) is 188 Å². The van der Waals surface area contributed by atoms with Crippen LogP contribution in [0.1, 0.15) is 95.8 Å². The molecule has 2 heteroatoms. The van der Waals surface area contributed by atoms with Gasteiger partial charge in [0.25, 0.3) is 0 Å². The summed E-state index contributed by atoms with van der Waals surface area (Å²) in [5, 5.41) is 0. The first kappa shape index (κ1) is 35.6. The number of benzene rings is 5. The Morgan fingerprint density at radius 2 is 1.30 bits per heavy atom. The largest absolute Gasteiger partial charge is 0.284 e. The van der Waals surface area contributed by atoms with Crippen molar-refractivity contribution in [2.45, 2.75) is 62.4 Å². The molecule has 2 aliphatic carbocycles. The van der Waals surface area contributed by atoms with Gasteiger partial charge < -0.3 is 0 Å². The molecule has 0 radical (unpaired) electrons. The molecule has 0 saturated carbocycles. The van der Waals surface area contributed by atoms with Crippen LogP contribution in [-0.2, 0) is 0 Å². The summed E-state index contributed by atoms with van der Waals surface area (Å²) in [7, 11) is 0. The first-order chi connectivity index (χ1) is 27.7. The van der Waals surface area contributed by atoms with Gasteiger partial charge in [0.2, 0.25) is 0 Å². The molecule has 0 saturated heterocycles. The van der Waals surface area contributed by atoms with Crippen molar-refractivity contribution in [3.63, 3.8) is 0 Å². The number of aliphatic imine (C=N–C) groups is 2. The maximum absolute atomic E-state index is 5.59. The Bertz CT molecular complexity index is 2400. The van der Waals surface area contributed by atoms with Gasteiger partial charge in [0, 0.05) is 18.1 Å². The molecule has 2 nitrogen and oxygen atoms in total. The molecule has 4 aliphatic rings. The molecule has 5 aromatic rings. The Morgan fingerprint density at radius 1 is 0.571 bits per heavy atom. The van der Waals surface area contributed by atoms with Gasteiger partial charge in [-0.05, 0) is 112 Å². The Kier molecular flexibility index (Phi) is 10.6. The molecule has 5 aromatic carbocycles. The van der Waals surface area contributed by atoms with Crippen LogP contribution in [0.4, 0.5) is 0 Å². The Hall–Kier alpha value is -6.12. The Labute approximate surface area is 332 Å². The normalized spacial score (nSPS) is 22.9. The van der Waals surface area contributed by atoms with Gasteiger partial charge in [0.1, 0.15) is 0 Å². The SMILES string of the molecule is C1=CC(c2cccc(C3N=CC=CC3c3ccccc3)c2)CC(/C2=C/C(c3ccc(C4=CCCC=C4)cc3)=NC(c3ccc(-c4ccccc4)cc3)CCC2)=C1. The molecule has 0 fully saturated rings. The van der Waals surface area contributed by atoms with E-state index in [1.807, 2.05) is 6.21 Å². The molecule has 2 aliphatic heterocycles. The van der Waals surface area contributed by atoms with E-state index in [0.29, 0.717) is 5.92 Å². The fourth-order valence-electron chi connectivity index (χ4n) is 8.73. The summed E-state index contributed by atoms with van der Waals surface area (Å²) >= 11 is 0. The standard InChI is InChI=1S/C54H48N2/c1-4-14-39(15-5-1)41-27-31-44(32-28-41)52-26-12-23-49(38-53(56-52)45-33-29-42(30-34-45)40-16-6-2-7-17-40)47-21-10-20-46(36-47)48-22-11-24-50(37-48)54-51(25-13-35-55-54)43-18-8-3-9-19-43/h1,3-6,8-11,13-22,24-25,27-35,37-38,46,51-52,54H,2,7,12,23,26,36H2/b49-38+,56-53?. The number of allylic oxidation sites excluding steroid dienone is 11. The Morgan fingerprint density at radius 3 is 2.11 bits per heavy atom. The van der Waals surface area contributed by atoms with Crippen LogP contribution in [0.15, 0.2) is 209 Å². The second-order valence-corrected chi connectivity index (χ2v) is 15.4. The quantitative estimate of drug-likeness (QED) is 0.152. The predicted octanol–water partition coefficient (Wildman–Crippen LogP) is 13.9. The van der Waals surface area contributed by atoms with E-state index in [4.69, 9.17) is 9.98 Å². The monoisotopic (exact) mass is 724 g/mol. The van der Waals surface area contributed by atoms with Crippen molar-refractivity contribution in [2.24, 2.45) is 9.98 Å². The minimum absolute atomic E-state index is 0.0660. The molecule has 274 valence electrons. The predicted molar refractivity (Wildman–Crippen MR) is 236 cm³/mol. The lowest BCUT2D eigenvalue weighted by atomic mass is 9.81. The zero-order chi connectivity index (χ0) is 37.5. The van der Waals surface area contributed by atoms with E-state index in [-0.39, 0.29) is 18.0 Å². The molecule has 56 heavy (non-hydrogen) atoms. The van der Waals surface area contributed by atoms with Gasteiger partial charge >= 0.3 is 0 Å². The summed E-state index contributed by atoms with van der Waals surface area (Å²) in [6, 6.07) is 48.9. The van der Waals surface area contributed by atoms with E-state index in [1.54, 1.807) is 0 Å². The first-order valence-corrected chi connectivity index (χ1v) is 20.4. The van der Waals surface area contributed by atoms with Crippen LogP contribution in [0.25, 0.3) is 16.7 Å². The van der Waals surface area contributed by atoms with Crippen LogP contribution in [0.2, 0.25) is 0 Å². The zero-order valence-electron chi connectivity index (χ0n) is 31.9. The van der Waals surface area contributed by atoms with E-state index in [1.165, 1.54) is 61.2 Å². The lowest BCUT2D eigenvalue weighted by Crippen LogP contribution is -2.12. The molecule has 0 aromatic heterocycles. The third-order valence-corrected chi connectivity index (χ3v) is 11.8. The highest BCUT2D eigenvalue weighted by Crippen LogP contribution is 2.41. The highest BCUT2D eigenvalue weighted by Gasteiger charge is 2.26. The van der Waals surface area contributed by atoms with E-state index in [0.717, 1.165) is 44.2 Å². The fourth-order valence-corrected chi connectivity index (χ4v) is 8.73. The van der Waals surface area contributed by atoms with Crippen molar-refractivity contribution < 1.29 is 0 Å². The maximum Gasteiger partial charge on any atom is 0.0852 e. The van der Waals surface area contributed by atoms with Crippen molar-refractivity contribution in [1.29, 1.82) is 0 Å². The van der Waals surface area contributed by atoms with E-state index < -0.39 is 0 Å². The van der Waals surface area contributed by atoms with Crippen molar-refractivity contribution >= 4 is 17.5 Å². The number of hydrogen-bond acceptors (Lipinski definition) is 2. The van der Waals surface area contributed by atoms with Gasteiger partial charge in [-0.3, -0.25) is 9.98 Å². The van der Waals surface area contributed by atoms with Crippen LogP contribution < -0.4 is 0 Å². The van der Waals surface area contributed by atoms with Gasteiger partial charge in [-0.1, -0.05) is 176 Å². The van der Waals surface area contributed by atoms with Gasteiger partial charge in [-0.2, -0.15) is 0 Å². The highest BCUT2D eigenvalue weighted by molar-refractivity contribution is 6.09. The molecule has 0 amide bonds. The molecular formula is C54H48N2. The fraction of sp³-hybridized carbons (Fsp3) is 0.185. The van der Waals surface area contributed by atoms with Gasteiger partial charge in [0.05, 0.1) is 17.8 Å². The van der Waals surface area contributed by atoms with Crippen molar-refractivity contribution in [3.05, 3.63) is 233 Å². The number of dihydropyridines is 1. The van der Waals surface area contributed by atoms with E-state index in [9.17, 15) is 0 Å². The second kappa shape index (κ2) is 16.7. The summed E-state index contributed by atoms with van der Waals surface area (Å²) in [6.45, 7) is 0. The zero-order valence-corrected chi connectivity index (χ0v) is 31.9. The Balaban J connectivity index is 1.01. The molecule has 9 rings (SSSR count). The van der Waals surface area contributed by atoms with Crippen LogP contribution in [0.3, 0.4) is 0 Å². The smallest absolute Gasteiger partial charge is 0.0852 e. The topological polar surface area (TPSA) is 24.7 Å². The van der Waals surface area contributed by atoms with E-state index >= 15 is 0 Å². The third kappa shape index (κ3) is 7.97. The number of hydrogen-bond donors (Lipinski definition) is 0. The molecule has 0 spiro atoms. The van der Waals surface area contributed by atoms with Crippen molar-refractivity contribution in [1.82, 2.24) is 0 Å². The maximum atomic E-state index is 5.59. The highest BCUT2D eigenvalue weighted by atomic mass is 14.8. The molecule has 0 bridgehead atoms. The summed E-state index contributed by atoms with van der Waals surface area (Å²) in [4.78, 5) is 10.6. The lowest BCUT2D eigenvalue weighted by molar-refractivity contribution is 0.607. The second-order valence-electron chi connectivity index (χ2n) is 15.4. The summed E-state index contributed by atoms with van der Waals surface area (Å²) < 4.78 is 0. The third-order valence-electron chi connectivity index (χ3n) is 11.8. The summed E-state index contributed by atoms with van der Waals surface area (Å²) in [5.74, 6) is 0.522. The van der Waals surface area contributed by atoms with Gasteiger partial charge in [0.15, 0.2) is 0 Å². The molecule has 4 unspecified atom stereocenters. The van der Waals surface area contributed by atoms with Gasteiger partial charge in [-0.15, -0.1) is 0 Å². The average Bonchev–Trinajstić information content (AvgIpc) is 3.28. The lowest BCUT2D eigenvalue weighted by Gasteiger charge is -2.27. The molecular weight excluding hydrogens is 677 g/mol. The minimum atomic E-state index is 0.0660. The minimum Gasteiger partial charge on any atom is -0.284 e. The molecule has 0 N–H and O–H groups in total. The van der Waals surface area contributed by atoms with Gasteiger partial charge in [-0.25, -0.2) is 0 Å². The van der Waals surface area contributed by atoms with Crippen LogP contribution in [-0.4, -0.2) is 11.9 Å². The van der Waals surface area contributed by atoms with Crippen LogP contribution in [0, 0.1) is 0 Å². The first-order valence-electron chi connectivity index (χ1n) is 20.4. The van der Waals surface area contributed by atoms with Crippen LogP contribution in [0.5, 0.6) is 0 Å². The van der Waals surface area contributed by atoms with Crippen molar-refractivity contribution in [3.8, 4) is 11.1 Å². The summed E-state index contributed by atoms with van der Waals surface area (Å²) in [6.07, 6.45) is 29.0. The number of rotatable bonds is 8. The average molecular weight is 725 g/mol. The molecule has 4 atom stereocenters. The summed E-state index contributed by atoms with van der Waals surface area (Å²) in [5.41, 5.74) is 15.3.